The Labute approximate surface area is 224 Å². The van der Waals surface area contributed by atoms with Crippen LogP contribution in [-0.2, 0) is 13.6 Å². The van der Waals surface area contributed by atoms with Crippen LogP contribution in [0.2, 0.25) is 0 Å². The van der Waals surface area contributed by atoms with E-state index in [4.69, 9.17) is 15.2 Å². The number of aliphatic hydroxyl groups is 1. The number of hydrogen-bond donors (Lipinski definition) is 2. The van der Waals surface area contributed by atoms with E-state index in [1.165, 1.54) is 0 Å². The molecule has 0 spiro atoms. The van der Waals surface area contributed by atoms with Crippen LogP contribution in [0.15, 0.2) is 54.3 Å². The molecule has 2 N–H and O–H groups in total. The highest BCUT2D eigenvalue weighted by Crippen LogP contribution is 2.29. The Morgan fingerprint density at radius 1 is 1.21 bits per heavy atom. The zero-order chi connectivity index (χ0) is 26.8. The molecule has 2 aliphatic rings. The fraction of sp³-hybridized carbons (Fsp3) is 0.464. The molecule has 1 aromatic carbocycles. The van der Waals surface area contributed by atoms with Gasteiger partial charge in [0.1, 0.15) is 0 Å². The molecule has 1 saturated heterocycles. The number of aliphatic hydroxyl groups excluding tert-OH is 1. The second-order valence-corrected chi connectivity index (χ2v) is 10.3. The minimum atomic E-state index is -0.279. The molecule has 1 fully saturated rings. The second-order valence-electron chi connectivity index (χ2n) is 10.3. The van der Waals surface area contributed by atoms with Crippen molar-refractivity contribution in [2.24, 2.45) is 12.0 Å². The number of benzene rings is 1. The van der Waals surface area contributed by atoms with Crippen molar-refractivity contribution in [3.8, 4) is 0 Å². The molecular weight excluding hydrogens is 478 g/mol. The summed E-state index contributed by atoms with van der Waals surface area (Å²) in [6, 6.07) is 6.37. The Kier molecular flexibility index (Phi) is 7.53. The van der Waals surface area contributed by atoms with Crippen LogP contribution in [0.4, 0.5) is 11.5 Å². The summed E-state index contributed by atoms with van der Waals surface area (Å²) in [4.78, 5) is 11.6. The minimum Gasteiger partial charge on any atom is -0.390 e. The van der Waals surface area contributed by atoms with Gasteiger partial charge in [0.2, 0.25) is 0 Å². The summed E-state index contributed by atoms with van der Waals surface area (Å²) in [6.45, 7) is 12.2. The number of rotatable bonds is 10. The van der Waals surface area contributed by atoms with Gasteiger partial charge in [0.15, 0.2) is 17.9 Å². The molecule has 10 nitrogen and oxygen atoms in total. The smallest absolute Gasteiger partial charge is 0.198 e. The van der Waals surface area contributed by atoms with Gasteiger partial charge in [-0.25, -0.2) is 9.67 Å². The topological polar surface area (TPSA) is 90.0 Å². The van der Waals surface area contributed by atoms with Crippen LogP contribution in [0.5, 0.6) is 0 Å². The average molecular weight is 518 g/mol. The van der Waals surface area contributed by atoms with E-state index in [0.717, 1.165) is 85.1 Å². The molecule has 0 radical (unpaired) electrons. The summed E-state index contributed by atoms with van der Waals surface area (Å²) in [5.74, 6) is 1.78. The van der Waals surface area contributed by atoms with Crippen molar-refractivity contribution in [2.45, 2.75) is 45.6 Å². The number of aliphatic imine (C=N–C) groups is 1. The molecule has 10 heteroatoms. The zero-order valence-electron chi connectivity index (χ0n) is 22.9. The monoisotopic (exact) mass is 517 g/mol. The third-order valence-corrected chi connectivity index (χ3v) is 7.19. The third-order valence-electron chi connectivity index (χ3n) is 7.19. The highest BCUT2D eigenvalue weighted by atomic mass is 16.3. The Morgan fingerprint density at radius 3 is 2.76 bits per heavy atom. The molecule has 38 heavy (non-hydrogen) atoms. The molecule has 5 rings (SSSR count). The fourth-order valence-corrected chi connectivity index (χ4v) is 5.04. The van der Waals surface area contributed by atoms with E-state index in [9.17, 15) is 5.11 Å². The standard InChI is InChI=1S/C28H39N9O/c1-6-8-13-36(12-7-2)27-24-15-22(9-10-25(24)34(5)32-27)29-28-30-26(11-14-33(28)4)37-17-21(20(3)31-37)16-35-18-23(38)19-35/h6,9-11,14-15,17,23,28-29,38H,1,7-8,12-13,16,18-19H2,2-5H3. The molecule has 3 aromatic rings. The first-order valence-electron chi connectivity index (χ1n) is 13.4. The molecule has 1 atom stereocenters. The van der Waals surface area contributed by atoms with E-state index >= 15 is 0 Å². The van der Waals surface area contributed by atoms with Gasteiger partial charge in [0, 0.05) is 75.9 Å². The van der Waals surface area contributed by atoms with Crippen LogP contribution in [0.1, 0.15) is 31.0 Å². The first kappa shape index (κ1) is 26.0. The van der Waals surface area contributed by atoms with Crippen LogP contribution in [0.3, 0.4) is 0 Å². The summed E-state index contributed by atoms with van der Waals surface area (Å²) in [7, 11) is 4.01. The quantitative estimate of drug-likeness (QED) is 0.399. The maximum absolute atomic E-state index is 9.60. The number of anilines is 2. The lowest BCUT2D eigenvalue weighted by Crippen LogP contribution is -2.49. The third kappa shape index (κ3) is 5.32. The summed E-state index contributed by atoms with van der Waals surface area (Å²) >= 11 is 0. The summed E-state index contributed by atoms with van der Waals surface area (Å²) < 4.78 is 3.80. The van der Waals surface area contributed by atoms with Gasteiger partial charge >= 0.3 is 0 Å². The number of β-amino-alcohol motifs (C(OH)–C–C–N with tert-alkyl or cyclic N) is 1. The Bertz CT molecular complexity index is 1350. The minimum absolute atomic E-state index is 0.206. The first-order valence-corrected chi connectivity index (χ1v) is 13.4. The van der Waals surface area contributed by atoms with Gasteiger partial charge in [-0.05, 0) is 44.0 Å². The van der Waals surface area contributed by atoms with Gasteiger partial charge in [0.05, 0.1) is 17.3 Å². The van der Waals surface area contributed by atoms with Crippen LogP contribution >= 0.6 is 0 Å². The number of aromatic nitrogens is 4. The molecule has 0 saturated carbocycles. The number of allylic oxidation sites excluding steroid dienone is 1. The predicted molar refractivity (Wildman–Crippen MR) is 153 cm³/mol. The predicted octanol–water partition coefficient (Wildman–Crippen LogP) is 3.15. The molecule has 0 aliphatic carbocycles. The maximum atomic E-state index is 9.60. The highest BCUT2D eigenvalue weighted by molar-refractivity contribution is 5.95. The number of hydrogen-bond acceptors (Lipinski definition) is 8. The van der Waals surface area contributed by atoms with Gasteiger partial charge in [-0.2, -0.15) is 10.2 Å². The van der Waals surface area contributed by atoms with E-state index in [2.05, 4.69) is 46.8 Å². The lowest BCUT2D eigenvalue weighted by atomic mass is 10.1. The van der Waals surface area contributed by atoms with Crippen molar-refractivity contribution in [2.75, 3.05) is 43.4 Å². The second kappa shape index (κ2) is 11.0. The van der Waals surface area contributed by atoms with E-state index in [0.29, 0.717) is 0 Å². The lowest BCUT2D eigenvalue weighted by Gasteiger charge is -2.35. The molecule has 4 heterocycles. The molecule has 202 valence electrons. The number of fused-ring (bicyclic) bond motifs is 1. The Morgan fingerprint density at radius 2 is 2.03 bits per heavy atom. The molecule has 0 bridgehead atoms. The van der Waals surface area contributed by atoms with E-state index in [1.54, 1.807) is 0 Å². The molecular formula is C28H39N9O. The number of aryl methyl sites for hydroxylation is 2. The largest absolute Gasteiger partial charge is 0.390 e. The van der Waals surface area contributed by atoms with Gasteiger partial charge in [-0.1, -0.05) is 13.0 Å². The van der Waals surface area contributed by atoms with Gasteiger partial charge in [-0.3, -0.25) is 9.58 Å². The van der Waals surface area contributed by atoms with Crippen molar-refractivity contribution in [3.63, 3.8) is 0 Å². The van der Waals surface area contributed by atoms with Crippen LogP contribution < -0.4 is 10.2 Å². The molecule has 1 unspecified atom stereocenters. The van der Waals surface area contributed by atoms with Crippen molar-refractivity contribution in [3.05, 3.63) is 60.6 Å². The SMILES string of the molecule is C=CCCN(CCC)c1nn(C)c2ccc(NC3N=C(n4cc(CN5CC(O)C5)c(C)n4)C=CN3C)cc12. The Balaban J connectivity index is 1.37. The first-order chi connectivity index (χ1) is 18.4. The van der Waals surface area contributed by atoms with Crippen molar-refractivity contribution in [1.82, 2.24) is 29.4 Å². The van der Waals surface area contributed by atoms with Crippen LogP contribution in [0, 0.1) is 6.92 Å². The van der Waals surface area contributed by atoms with Crippen molar-refractivity contribution in [1.29, 1.82) is 0 Å². The lowest BCUT2D eigenvalue weighted by molar-refractivity contribution is -0.00297. The van der Waals surface area contributed by atoms with Crippen molar-refractivity contribution < 1.29 is 5.11 Å². The number of nitrogens with zero attached hydrogens (tertiary/aromatic N) is 8. The van der Waals surface area contributed by atoms with Crippen LogP contribution in [-0.4, -0.2) is 85.9 Å². The van der Waals surface area contributed by atoms with Gasteiger partial charge in [-0.15, -0.1) is 6.58 Å². The van der Waals surface area contributed by atoms with Crippen molar-refractivity contribution >= 4 is 28.2 Å². The molecule has 2 aromatic heterocycles. The average Bonchev–Trinajstić information content (AvgIpc) is 3.41. The van der Waals surface area contributed by atoms with Crippen LogP contribution in [0.25, 0.3) is 10.9 Å². The normalized spacial score (nSPS) is 18.1. The zero-order valence-corrected chi connectivity index (χ0v) is 22.9. The molecule has 2 aliphatic heterocycles. The molecule has 0 amide bonds. The summed E-state index contributed by atoms with van der Waals surface area (Å²) in [6.07, 6.45) is 9.50. The Hall–Kier alpha value is -3.63. The number of likely N-dealkylation sites (tertiary alicyclic amines) is 1. The van der Waals surface area contributed by atoms with E-state index in [1.807, 2.05) is 59.8 Å². The summed E-state index contributed by atoms with van der Waals surface area (Å²) in [5.41, 5.74) is 4.21. The van der Waals surface area contributed by atoms with E-state index < -0.39 is 0 Å². The highest BCUT2D eigenvalue weighted by Gasteiger charge is 2.26. The summed E-state index contributed by atoms with van der Waals surface area (Å²) in [5, 5.41) is 23.9. The fourth-order valence-electron chi connectivity index (χ4n) is 5.04. The maximum Gasteiger partial charge on any atom is 0.198 e. The van der Waals surface area contributed by atoms with Gasteiger partial charge < -0.3 is 20.2 Å². The van der Waals surface area contributed by atoms with Gasteiger partial charge in [0.25, 0.3) is 0 Å². The number of nitrogens with one attached hydrogen (secondary N) is 1. The van der Waals surface area contributed by atoms with E-state index in [-0.39, 0.29) is 12.4 Å².